The maximum atomic E-state index is 5.72. The maximum Gasteiger partial charge on any atom is 0.119 e. The van der Waals surface area contributed by atoms with Crippen molar-refractivity contribution in [1.82, 2.24) is 5.32 Å². The predicted octanol–water partition coefficient (Wildman–Crippen LogP) is 3.90. The molecule has 0 spiro atoms. The number of benzene rings is 1. The van der Waals surface area contributed by atoms with Crippen molar-refractivity contribution in [3.8, 4) is 5.75 Å². The van der Waals surface area contributed by atoms with Crippen molar-refractivity contribution in [3.05, 3.63) is 29.3 Å². The first-order valence-electron chi connectivity index (χ1n) is 8.17. The van der Waals surface area contributed by atoms with Crippen LogP contribution in [0.1, 0.15) is 50.7 Å². The summed E-state index contributed by atoms with van der Waals surface area (Å²) in [4.78, 5) is 0. The van der Waals surface area contributed by atoms with E-state index in [0.29, 0.717) is 19.1 Å². The zero-order valence-electron chi connectivity index (χ0n) is 14.1. The molecular formula is C18H31NO2. The van der Waals surface area contributed by atoms with Gasteiger partial charge in [0, 0.05) is 6.54 Å². The summed E-state index contributed by atoms with van der Waals surface area (Å²) in [6.45, 7) is 12.8. The lowest BCUT2D eigenvalue weighted by atomic mass is 9.98. The van der Waals surface area contributed by atoms with Crippen LogP contribution < -0.4 is 10.1 Å². The van der Waals surface area contributed by atoms with Gasteiger partial charge in [-0.15, -0.1) is 0 Å². The first-order valence-corrected chi connectivity index (χ1v) is 8.17. The van der Waals surface area contributed by atoms with E-state index in [1.807, 2.05) is 0 Å². The van der Waals surface area contributed by atoms with Gasteiger partial charge in [-0.3, -0.25) is 0 Å². The first-order chi connectivity index (χ1) is 10.1. The molecule has 0 saturated carbocycles. The van der Waals surface area contributed by atoms with Crippen molar-refractivity contribution in [1.29, 1.82) is 0 Å². The molecule has 0 saturated heterocycles. The van der Waals surface area contributed by atoms with E-state index in [2.05, 4.69) is 51.2 Å². The highest BCUT2D eigenvalue weighted by molar-refractivity contribution is 5.36. The Morgan fingerprint density at radius 1 is 1.10 bits per heavy atom. The minimum absolute atomic E-state index is 0.558. The molecule has 21 heavy (non-hydrogen) atoms. The van der Waals surface area contributed by atoms with E-state index in [1.54, 1.807) is 0 Å². The summed E-state index contributed by atoms with van der Waals surface area (Å²) in [5.74, 6) is 1.49. The van der Waals surface area contributed by atoms with E-state index >= 15 is 0 Å². The van der Waals surface area contributed by atoms with Crippen LogP contribution in [0.2, 0.25) is 0 Å². The minimum atomic E-state index is 0.558. The molecule has 0 aromatic heterocycles. The summed E-state index contributed by atoms with van der Waals surface area (Å²) in [6.07, 6.45) is 2.46. The SMILES string of the molecule is CCCCNCCOCCOc1ccc(C(C)C)c(C)c1. The first kappa shape index (κ1) is 18.0. The third-order valence-electron chi connectivity index (χ3n) is 3.49. The molecular weight excluding hydrogens is 262 g/mol. The molecule has 0 heterocycles. The smallest absolute Gasteiger partial charge is 0.119 e. The van der Waals surface area contributed by atoms with Crippen molar-refractivity contribution >= 4 is 0 Å². The molecule has 0 fully saturated rings. The fourth-order valence-electron chi connectivity index (χ4n) is 2.28. The van der Waals surface area contributed by atoms with Crippen LogP contribution in [-0.2, 0) is 4.74 Å². The number of unbranched alkanes of at least 4 members (excludes halogenated alkanes) is 1. The lowest BCUT2D eigenvalue weighted by molar-refractivity contribution is 0.102. The summed E-state index contributed by atoms with van der Waals surface area (Å²) in [5.41, 5.74) is 2.68. The Balaban J connectivity index is 2.11. The van der Waals surface area contributed by atoms with Gasteiger partial charge in [-0.2, -0.15) is 0 Å². The fourth-order valence-corrected chi connectivity index (χ4v) is 2.28. The van der Waals surface area contributed by atoms with Gasteiger partial charge < -0.3 is 14.8 Å². The zero-order chi connectivity index (χ0) is 15.5. The van der Waals surface area contributed by atoms with Gasteiger partial charge in [0.15, 0.2) is 0 Å². The summed E-state index contributed by atoms with van der Waals surface area (Å²) in [7, 11) is 0. The Bertz CT molecular complexity index is 391. The lowest BCUT2D eigenvalue weighted by Gasteiger charge is -2.12. The van der Waals surface area contributed by atoms with Crippen LogP contribution in [0.3, 0.4) is 0 Å². The molecule has 0 radical (unpaired) electrons. The van der Waals surface area contributed by atoms with Gasteiger partial charge in [0.25, 0.3) is 0 Å². The molecule has 0 aliphatic rings. The van der Waals surface area contributed by atoms with Crippen molar-refractivity contribution in [2.75, 3.05) is 32.9 Å². The van der Waals surface area contributed by atoms with Crippen molar-refractivity contribution in [2.24, 2.45) is 0 Å². The van der Waals surface area contributed by atoms with E-state index < -0.39 is 0 Å². The Kier molecular flexibility index (Phi) is 9.11. The van der Waals surface area contributed by atoms with Crippen molar-refractivity contribution in [3.63, 3.8) is 0 Å². The lowest BCUT2D eigenvalue weighted by Crippen LogP contribution is -2.21. The van der Waals surface area contributed by atoms with E-state index in [1.165, 1.54) is 24.0 Å². The molecule has 3 nitrogen and oxygen atoms in total. The molecule has 1 aromatic carbocycles. The average Bonchev–Trinajstić information content (AvgIpc) is 2.45. The van der Waals surface area contributed by atoms with E-state index in [9.17, 15) is 0 Å². The Morgan fingerprint density at radius 3 is 2.57 bits per heavy atom. The normalized spacial score (nSPS) is 11.1. The number of hydrogen-bond acceptors (Lipinski definition) is 3. The van der Waals surface area contributed by atoms with Gasteiger partial charge >= 0.3 is 0 Å². The van der Waals surface area contributed by atoms with Gasteiger partial charge in [0.1, 0.15) is 12.4 Å². The average molecular weight is 293 g/mol. The predicted molar refractivity (Wildman–Crippen MR) is 89.4 cm³/mol. The highest BCUT2D eigenvalue weighted by Crippen LogP contribution is 2.23. The van der Waals surface area contributed by atoms with Crippen LogP contribution in [0.5, 0.6) is 5.75 Å². The van der Waals surface area contributed by atoms with Crippen LogP contribution in [0, 0.1) is 6.92 Å². The minimum Gasteiger partial charge on any atom is -0.491 e. The second-order valence-corrected chi connectivity index (χ2v) is 5.74. The summed E-state index contributed by atoms with van der Waals surface area (Å²) in [5, 5.41) is 3.35. The molecule has 0 atom stereocenters. The topological polar surface area (TPSA) is 30.5 Å². The van der Waals surface area contributed by atoms with Crippen LogP contribution in [0.15, 0.2) is 18.2 Å². The third kappa shape index (κ3) is 7.49. The highest BCUT2D eigenvalue weighted by Gasteiger charge is 2.04. The maximum absolute atomic E-state index is 5.72. The van der Waals surface area contributed by atoms with E-state index in [4.69, 9.17) is 9.47 Å². The van der Waals surface area contributed by atoms with Crippen LogP contribution in [0.4, 0.5) is 0 Å². The number of ether oxygens (including phenoxy) is 2. The molecule has 1 rings (SSSR count). The Hall–Kier alpha value is -1.06. The van der Waals surface area contributed by atoms with E-state index in [-0.39, 0.29) is 0 Å². The summed E-state index contributed by atoms with van der Waals surface area (Å²) < 4.78 is 11.3. The van der Waals surface area contributed by atoms with Gasteiger partial charge in [0.2, 0.25) is 0 Å². The van der Waals surface area contributed by atoms with Crippen molar-refractivity contribution < 1.29 is 9.47 Å². The standard InChI is InChI=1S/C18H31NO2/c1-5-6-9-19-10-11-20-12-13-21-17-7-8-18(15(2)3)16(4)14-17/h7-8,14-15,19H,5-6,9-13H2,1-4H3. The van der Waals surface area contributed by atoms with Crippen molar-refractivity contribution in [2.45, 2.75) is 46.5 Å². The fraction of sp³-hybridized carbons (Fsp3) is 0.667. The molecule has 3 heteroatoms. The van der Waals surface area contributed by atoms with Gasteiger partial charge in [-0.1, -0.05) is 33.3 Å². The molecule has 1 aromatic rings. The zero-order valence-corrected chi connectivity index (χ0v) is 14.1. The number of nitrogens with one attached hydrogen (secondary N) is 1. The largest absolute Gasteiger partial charge is 0.491 e. The van der Waals surface area contributed by atoms with E-state index in [0.717, 1.165) is 25.4 Å². The second-order valence-electron chi connectivity index (χ2n) is 5.74. The molecule has 0 aliphatic carbocycles. The van der Waals surface area contributed by atoms with Crippen LogP contribution >= 0.6 is 0 Å². The molecule has 120 valence electrons. The molecule has 1 N–H and O–H groups in total. The molecule has 0 aliphatic heterocycles. The molecule has 0 bridgehead atoms. The van der Waals surface area contributed by atoms with Gasteiger partial charge in [0.05, 0.1) is 13.2 Å². The number of hydrogen-bond donors (Lipinski definition) is 1. The second kappa shape index (κ2) is 10.6. The summed E-state index contributed by atoms with van der Waals surface area (Å²) >= 11 is 0. The monoisotopic (exact) mass is 293 g/mol. The third-order valence-corrected chi connectivity index (χ3v) is 3.49. The van der Waals surface area contributed by atoms with Crippen LogP contribution in [0.25, 0.3) is 0 Å². The number of rotatable bonds is 11. The quantitative estimate of drug-likeness (QED) is 0.628. The summed E-state index contributed by atoms with van der Waals surface area (Å²) in [6, 6.07) is 6.32. The van der Waals surface area contributed by atoms with Crippen LogP contribution in [-0.4, -0.2) is 32.9 Å². The Morgan fingerprint density at radius 2 is 1.90 bits per heavy atom. The molecule has 0 unspecified atom stereocenters. The van der Waals surface area contributed by atoms with Gasteiger partial charge in [-0.05, 0) is 49.1 Å². The number of aryl methyl sites for hydroxylation is 1. The highest BCUT2D eigenvalue weighted by atomic mass is 16.5. The Labute approximate surface area is 130 Å². The van der Waals surface area contributed by atoms with Gasteiger partial charge in [-0.25, -0.2) is 0 Å². The molecule has 0 amide bonds.